The number of rotatable bonds is 5. The van der Waals surface area contributed by atoms with Crippen LogP contribution in [0.15, 0.2) is 36.4 Å². The molecular formula is C20H27N5O2. The second-order valence-corrected chi connectivity index (χ2v) is 7.21. The number of carbonyl (C=O) groups excluding carboxylic acids is 1. The third-order valence-electron chi connectivity index (χ3n) is 4.74. The van der Waals surface area contributed by atoms with Gasteiger partial charge in [0, 0.05) is 44.5 Å². The number of hydrogen-bond donors (Lipinski definition) is 2. The van der Waals surface area contributed by atoms with E-state index in [-0.39, 0.29) is 11.9 Å². The number of piperidine rings is 1. The molecule has 0 aliphatic carbocycles. The van der Waals surface area contributed by atoms with Gasteiger partial charge < -0.3 is 15.3 Å². The number of β-amino-alcohol motifs (C(OH)–C–C–N with tert-alkyl or cyclic N) is 1. The van der Waals surface area contributed by atoms with Crippen molar-refractivity contribution in [2.75, 3.05) is 39.0 Å². The SMILES string of the molecule is Cc1cc(N[C@@H]2CCN(CC(=O)N(C)C)C[C@H]2O)nc(-c2ccccc2)n1. The van der Waals surface area contributed by atoms with Gasteiger partial charge in [-0.2, -0.15) is 0 Å². The van der Waals surface area contributed by atoms with Gasteiger partial charge in [-0.1, -0.05) is 30.3 Å². The average molecular weight is 369 g/mol. The van der Waals surface area contributed by atoms with E-state index in [1.165, 1.54) is 0 Å². The molecule has 144 valence electrons. The highest BCUT2D eigenvalue weighted by Gasteiger charge is 2.29. The zero-order chi connectivity index (χ0) is 19.4. The van der Waals surface area contributed by atoms with Crippen molar-refractivity contribution in [3.05, 3.63) is 42.1 Å². The number of anilines is 1. The minimum absolute atomic E-state index is 0.0486. The lowest BCUT2D eigenvalue weighted by atomic mass is 10.0. The van der Waals surface area contributed by atoms with Crippen LogP contribution in [0.1, 0.15) is 12.1 Å². The number of amides is 1. The summed E-state index contributed by atoms with van der Waals surface area (Å²) in [5, 5.41) is 13.9. The first-order chi connectivity index (χ1) is 12.9. The van der Waals surface area contributed by atoms with Crippen LogP contribution >= 0.6 is 0 Å². The van der Waals surface area contributed by atoms with E-state index in [1.54, 1.807) is 19.0 Å². The van der Waals surface area contributed by atoms with Crippen molar-refractivity contribution in [3.8, 4) is 11.4 Å². The third-order valence-corrected chi connectivity index (χ3v) is 4.74. The Bertz CT molecular complexity index is 781. The molecule has 1 fully saturated rings. The summed E-state index contributed by atoms with van der Waals surface area (Å²) in [6.07, 6.45) is 0.176. The smallest absolute Gasteiger partial charge is 0.236 e. The molecule has 1 saturated heterocycles. The van der Waals surface area contributed by atoms with Crippen LogP contribution < -0.4 is 5.32 Å². The third kappa shape index (κ3) is 5.02. The average Bonchev–Trinajstić information content (AvgIpc) is 2.64. The maximum absolute atomic E-state index is 11.9. The van der Waals surface area contributed by atoms with E-state index in [4.69, 9.17) is 0 Å². The van der Waals surface area contributed by atoms with Crippen LogP contribution in [0.25, 0.3) is 11.4 Å². The van der Waals surface area contributed by atoms with Gasteiger partial charge in [-0.3, -0.25) is 9.69 Å². The van der Waals surface area contributed by atoms with Gasteiger partial charge in [0.1, 0.15) is 5.82 Å². The first-order valence-corrected chi connectivity index (χ1v) is 9.20. The molecule has 1 aromatic heterocycles. The number of likely N-dealkylation sites (N-methyl/N-ethyl adjacent to an activating group) is 1. The molecule has 0 spiro atoms. The fourth-order valence-corrected chi connectivity index (χ4v) is 3.19. The monoisotopic (exact) mass is 369 g/mol. The Hall–Kier alpha value is -2.51. The van der Waals surface area contributed by atoms with E-state index in [0.717, 1.165) is 24.2 Å². The maximum atomic E-state index is 11.9. The largest absolute Gasteiger partial charge is 0.390 e. The van der Waals surface area contributed by atoms with Gasteiger partial charge in [-0.15, -0.1) is 0 Å². The predicted octanol–water partition coefficient (Wildman–Crippen LogP) is 1.39. The molecule has 27 heavy (non-hydrogen) atoms. The number of nitrogens with one attached hydrogen (secondary N) is 1. The second kappa shape index (κ2) is 8.45. The summed E-state index contributed by atoms with van der Waals surface area (Å²) in [4.78, 5) is 24.6. The molecule has 1 aliphatic rings. The molecule has 2 atom stereocenters. The minimum Gasteiger partial charge on any atom is -0.390 e. The zero-order valence-corrected chi connectivity index (χ0v) is 16.1. The Balaban J connectivity index is 1.66. The zero-order valence-electron chi connectivity index (χ0n) is 16.1. The molecule has 0 radical (unpaired) electrons. The summed E-state index contributed by atoms with van der Waals surface area (Å²) in [5.74, 6) is 1.43. The molecule has 0 unspecified atom stereocenters. The van der Waals surface area contributed by atoms with Crippen molar-refractivity contribution in [1.82, 2.24) is 19.8 Å². The standard InChI is InChI=1S/C20H27N5O2/c1-14-11-18(23-20(21-14)15-7-5-4-6-8-15)22-16-9-10-25(12-17(16)26)13-19(27)24(2)3/h4-8,11,16-17,26H,9-10,12-13H2,1-3H3,(H,21,22,23)/t16-,17-/m1/s1. The number of aryl methyl sites for hydroxylation is 1. The number of benzene rings is 1. The van der Waals surface area contributed by atoms with E-state index in [2.05, 4.69) is 15.3 Å². The van der Waals surface area contributed by atoms with Gasteiger partial charge in [-0.05, 0) is 13.3 Å². The number of aliphatic hydroxyl groups is 1. The van der Waals surface area contributed by atoms with Crippen molar-refractivity contribution in [3.63, 3.8) is 0 Å². The Labute approximate surface area is 160 Å². The Morgan fingerprint density at radius 2 is 2.04 bits per heavy atom. The molecule has 0 bridgehead atoms. The number of nitrogens with zero attached hydrogens (tertiary/aromatic N) is 4. The molecule has 2 heterocycles. The lowest BCUT2D eigenvalue weighted by molar-refractivity contribution is -0.130. The summed E-state index contributed by atoms with van der Waals surface area (Å²) < 4.78 is 0. The Morgan fingerprint density at radius 3 is 2.70 bits per heavy atom. The molecule has 1 aliphatic heterocycles. The van der Waals surface area contributed by atoms with Crippen LogP contribution in [0.5, 0.6) is 0 Å². The summed E-state index contributed by atoms with van der Waals surface area (Å²) in [5.41, 5.74) is 1.83. The Kier molecular flexibility index (Phi) is 6.03. The van der Waals surface area contributed by atoms with Gasteiger partial charge in [0.05, 0.1) is 18.7 Å². The van der Waals surface area contributed by atoms with Crippen molar-refractivity contribution in [1.29, 1.82) is 0 Å². The molecule has 3 rings (SSSR count). The summed E-state index contributed by atoms with van der Waals surface area (Å²) in [6.45, 7) is 3.49. The number of carbonyl (C=O) groups is 1. The van der Waals surface area contributed by atoms with Crippen molar-refractivity contribution >= 4 is 11.7 Å². The molecule has 7 heteroatoms. The molecule has 7 nitrogen and oxygen atoms in total. The lowest BCUT2D eigenvalue weighted by Gasteiger charge is -2.36. The first kappa shape index (κ1) is 19.3. The summed E-state index contributed by atoms with van der Waals surface area (Å²) in [7, 11) is 3.49. The van der Waals surface area contributed by atoms with Crippen molar-refractivity contribution in [2.24, 2.45) is 0 Å². The van der Waals surface area contributed by atoms with E-state index < -0.39 is 6.10 Å². The van der Waals surface area contributed by atoms with Gasteiger partial charge in [0.15, 0.2) is 5.82 Å². The number of likely N-dealkylation sites (tertiary alicyclic amines) is 1. The van der Waals surface area contributed by atoms with Gasteiger partial charge in [0.25, 0.3) is 0 Å². The number of hydrogen-bond acceptors (Lipinski definition) is 6. The normalized spacial score (nSPS) is 20.3. The molecule has 2 N–H and O–H groups in total. The Morgan fingerprint density at radius 1 is 1.30 bits per heavy atom. The minimum atomic E-state index is -0.566. The molecule has 1 amide bonds. The van der Waals surface area contributed by atoms with Crippen molar-refractivity contribution in [2.45, 2.75) is 25.5 Å². The van der Waals surface area contributed by atoms with E-state index in [9.17, 15) is 9.90 Å². The molecule has 0 saturated carbocycles. The van der Waals surface area contributed by atoms with E-state index in [1.807, 2.05) is 48.2 Å². The highest BCUT2D eigenvalue weighted by atomic mass is 16.3. The molecule has 1 aromatic carbocycles. The quantitative estimate of drug-likeness (QED) is 0.829. The predicted molar refractivity (Wildman–Crippen MR) is 105 cm³/mol. The fraction of sp³-hybridized carbons (Fsp3) is 0.450. The van der Waals surface area contributed by atoms with Crippen LogP contribution in [0.2, 0.25) is 0 Å². The van der Waals surface area contributed by atoms with Gasteiger partial charge in [-0.25, -0.2) is 9.97 Å². The topological polar surface area (TPSA) is 81.6 Å². The first-order valence-electron chi connectivity index (χ1n) is 9.20. The second-order valence-electron chi connectivity index (χ2n) is 7.21. The van der Waals surface area contributed by atoms with Crippen LogP contribution in [0.3, 0.4) is 0 Å². The molecule has 2 aromatic rings. The summed E-state index contributed by atoms with van der Waals surface area (Å²) >= 11 is 0. The molecular weight excluding hydrogens is 342 g/mol. The van der Waals surface area contributed by atoms with Crippen LogP contribution in [-0.4, -0.2) is 76.7 Å². The highest BCUT2D eigenvalue weighted by molar-refractivity contribution is 5.77. The van der Waals surface area contributed by atoms with Gasteiger partial charge >= 0.3 is 0 Å². The van der Waals surface area contributed by atoms with Crippen molar-refractivity contribution < 1.29 is 9.90 Å². The maximum Gasteiger partial charge on any atom is 0.236 e. The van der Waals surface area contributed by atoms with Crippen LogP contribution in [0, 0.1) is 6.92 Å². The van der Waals surface area contributed by atoms with Crippen LogP contribution in [0.4, 0.5) is 5.82 Å². The van der Waals surface area contributed by atoms with Crippen LogP contribution in [-0.2, 0) is 4.79 Å². The number of aliphatic hydroxyl groups excluding tert-OH is 1. The lowest BCUT2D eigenvalue weighted by Crippen LogP contribution is -2.52. The van der Waals surface area contributed by atoms with E-state index >= 15 is 0 Å². The fourth-order valence-electron chi connectivity index (χ4n) is 3.19. The van der Waals surface area contributed by atoms with E-state index in [0.29, 0.717) is 24.7 Å². The van der Waals surface area contributed by atoms with Gasteiger partial charge in [0.2, 0.25) is 5.91 Å². The highest BCUT2D eigenvalue weighted by Crippen LogP contribution is 2.20. The number of aromatic nitrogens is 2. The summed E-state index contributed by atoms with van der Waals surface area (Å²) in [6, 6.07) is 11.6.